The standard InChI is InChI=1S/C21H20ClF2N5O/c1-29-20(15(22)10-27-29)18-5-3-13(9-26-18)21(30)28-19-11-25-7-6-14(19)12-2-4-16(23)17(24)8-12/h2-5,8-10,14,19,25H,6-7,11H2,1H3,(H,28,30)/t14-,19+/m0/s1. The molecule has 30 heavy (non-hydrogen) atoms. The van der Waals surface area contributed by atoms with Crippen LogP contribution in [0.2, 0.25) is 5.02 Å². The molecule has 0 bridgehead atoms. The summed E-state index contributed by atoms with van der Waals surface area (Å²) in [4.78, 5) is 17.1. The summed E-state index contributed by atoms with van der Waals surface area (Å²) in [5.74, 6) is -2.17. The third kappa shape index (κ3) is 4.06. The van der Waals surface area contributed by atoms with E-state index < -0.39 is 11.6 Å². The molecule has 1 aliphatic heterocycles. The highest BCUT2D eigenvalue weighted by Crippen LogP contribution is 2.28. The molecule has 0 spiro atoms. The van der Waals surface area contributed by atoms with Gasteiger partial charge in [0.15, 0.2) is 11.6 Å². The summed E-state index contributed by atoms with van der Waals surface area (Å²) in [5.41, 5.74) is 2.33. The number of halogens is 3. The lowest BCUT2D eigenvalue weighted by Crippen LogP contribution is -2.50. The van der Waals surface area contributed by atoms with Gasteiger partial charge in [0, 0.05) is 31.7 Å². The smallest absolute Gasteiger partial charge is 0.253 e. The van der Waals surface area contributed by atoms with Crippen molar-refractivity contribution in [3.8, 4) is 11.4 Å². The molecule has 0 radical (unpaired) electrons. The first kappa shape index (κ1) is 20.4. The van der Waals surface area contributed by atoms with Crippen molar-refractivity contribution in [1.82, 2.24) is 25.4 Å². The number of aromatic nitrogens is 3. The van der Waals surface area contributed by atoms with Gasteiger partial charge in [-0.3, -0.25) is 14.5 Å². The molecule has 6 nitrogen and oxygen atoms in total. The summed E-state index contributed by atoms with van der Waals surface area (Å²) in [6.45, 7) is 1.27. The summed E-state index contributed by atoms with van der Waals surface area (Å²) >= 11 is 6.15. The van der Waals surface area contributed by atoms with Crippen molar-refractivity contribution in [1.29, 1.82) is 0 Å². The fraction of sp³-hybridized carbons (Fsp3) is 0.286. The Bertz CT molecular complexity index is 1050. The first-order chi connectivity index (χ1) is 14.4. The van der Waals surface area contributed by atoms with Crippen molar-refractivity contribution >= 4 is 17.5 Å². The van der Waals surface area contributed by atoms with Gasteiger partial charge in [0.05, 0.1) is 22.5 Å². The minimum absolute atomic E-state index is 0.120. The van der Waals surface area contributed by atoms with Crippen molar-refractivity contribution < 1.29 is 13.6 Å². The minimum Gasteiger partial charge on any atom is -0.347 e. The molecule has 1 aromatic carbocycles. The third-order valence-electron chi connectivity index (χ3n) is 5.33. The van der Waals surface area contributed by atoms with Gasteiger partial charge in [-0.15, -0.1) is 0 Å². The summed E-state index contributed by atoms with van der Waals surface area (Å²) in [5, 5.41) is 10.8. The Balaban J connectivity index is 1.51. The summed E-state index contributed by atoms with van der Waals surface area (Å²) < 4.78 is 28.6. The van der Waals surface area contributed by atoms with Crippen LogP contribution in [-0.4, -0.2) is 39.8 Å². The number of rotatable bonds is 4. The Hall–Kier alpha value is -2.84. The lowest BCUT2D eigenvalue weighted by atomic mass is 9.86. The number of carbonyl (C=O) groups is 1. The van der Waals surface area contributed by atoms with Crippen LogP contribution in [0.15, 0.2) is 42.7 Å². The van der Waals surface area contributed by atoms with E-state index >= 15 is 0 Å². The first-order valence-electron chi connectivity index (χ1n) is 9.54. The highest BCUT2D eigenvalue weighted by atomic mass is 35.5. The molecule has 4 rings (SSSR count). The lowest BCUT2D eigenvalue weighted by molar-refractivity contribution is 0.0924. The Labute approximate surface area is 177 Å². The second-order valence-electron chi connectivity index (χ2n) is 7.25. The van der Waals surface area contributed by atoms with Crippen molar-refractivity contribution in [3.63, 3.8) is 0 Å². The van der Waals surface area contributed by atoms with Gasteiger partial charge in [0.1, 0.15) is 5.69 Å². The van der Waals surface area contributed by atoms with E-state index in [0.717, 1.165) is 12.6 Å². The van der Waals surface area contributed by atoms with E-state index in [1.807, 2.05) is 0 Å². The number of nitrogens with one attached hydrogen (secondary N) is 2. The van der Waals surface area contributed by atoms with Crippen molar-refractivity contribution in [3.05, 3.63) is 70.5 Å². The molecule has 1 amide bonds. The summed E-state index contributed by atoms with van der Waals surface area (Å²) in [6.07, 6.45) is 3.72. The second kappa shape index (κ2) is 8.49. The number of benzene rings is 1. The quantitative estimate of drug-likeness (QED) is 0.665. The molecular weight excluding hydrogens is 412 g/mol. The number of hydrogen-bond donors (Lipinski definition) is 2. The van der Waals surface area contributed by atoms with E-state index in [2.05, 4.69) is 20.7 Å². The fourth-order valence-electron chi connectivity index (χ4n) is 3.77. The molecule has 156 valence electrons. The van der Waals surface area contributed by atoms with Crippen LogP contribution in [0.5, 0.6) is 0 Å². The third-order valence-corrected chi connectivity index (χ3v) is 5.61. The molecule has 0 saturated carbocycles. The Morgan fingerprint density at radius 2 is 2.07 bits per heavy atom. The maximum Gasteiger partial charge on any atom is 0.253 e. The lowest BCUT2D eigenvalue weighted by Gasteiger charge is -2.33. The van der Waals surface area contributed by atoms with Gasteiger partial charge in [0.25, 0.3) is 5.91 Å². The van der Waals surface area contributed by atoms with E-state index in [1.54, 1.807) is 29.9 Å². The number of pyridine rings is 1. The topological polar surface area (TPSA) is 71.8 Å². The van der Waals surface area contributed by atoms with E-state index in [-0.39, 0.29) is 17.9 Å². The summed E-state index contributed by atoms with van der Waals surface area (Å²) in [6, 6.07) is 7.02. The first-order valence-corrected chi connectivity index (χ1v) is 9.92. The van der Waals surface area contributed by atoms with Crippen LogP contribution in [-0.2, 0) is 7.05 Å². The number of amides is 1. The van der Waals surface area contributed by atoms with Crippen molar-refractivity contribution in [2.45, 2.75) is 18.4 Å². The fourth-order valence-corrected chi connectivity index (χ4v) is 4.03. The maximum absolute atomic E-state index is 13.7. The average Bonchev–Trinajstić information content (AvgIpc) is 3.08. The Morgan fingerprint density at radius 3 is 2.73 bits per heavy atom. The summed E-state index contributed by atoms with van der Waals surface area (Å²) in [7, 11) is 1.76. The number of hydrogen-bond acceptors (Lipinski definition) is 4. The van der Waals surface area contributed by atoms with Crippen LogP contribution in [0.3, 0.4) is 0 Å². The van der Waals surface area contributed by atoms with Gasteiger partial charge in [-0.1, -0.05) is 17.7 Å². The predicted octanol–water partition coefficient (Wildman–Crippen LogP) is 3.29. The highest BCUT2D eigenvalue weighted by Gasteiger charge is 2.28. The molecule has 9 heteroatoms. The molecule has 2 N–H and O–H groups in total. The molecule has 3 heterocycles. The zero-order chi connectivity index (χ0) is 21.3. The molecule has 3 aromatic rings. The van der Waals surface area contributed by atoms with Gasteiger partial charge in [-0.2, -0.15) is 5.10 Å². The van der Waals surface area contributed by atoms with Crippen LogP contribution in [0.25, 0.3) is 11.4 Å². The average molecular weight is 432 g/mol. The van der Waals surface area contributed by atoms with E-state index in [0.29, 0.717) is 40.5 Å². The van der Waals surface area contributed by atoms with Crippen LogP contribution in [0, 0.1) is 11.6 Å². The molecule has 2 atom stereocenters. The molecular formula is C21H20ClF2N5O. The molecule has 2 aromatic heterocycles. The predicted molar refractivity (Wildman–Crippen MR) is 109 cm³/mol. The van der Waals surface area contributed by atoms with Crippen LogP contribution < -0.4 is 10.6 Å². The number of nitrogens with zero attached hydrogens (tertiary/aromatic N) is 3. The molecule has 1 fully saturated rings. The normalized spacial score (nSPS) is 18.9. The molecule has 0 aliphatic carbocycles. The molecule has 1 saturated heterocycles. The number of aryl methyl sites for hydroxylation is 1. The zero-order valence-electron chi connectivity index (χ0n) is 16.2. The van der Waals surface area contributed by atoms with Gasteiger partial charge in [0.2, 0.25) is 0 Å². The number of piperidine rings is 1. The largest absolute Gasteiger partial charge is 0.347 e. The van der Waals surface area contributed by atoms with Crippen molar-refractivity contribution in [2.75, 3.05) is 13.1 Å². The van der Waals surface area contributed by atoms with Crippen molar-refractivity contribution in [2.24, 2.45) is 7.05 Å². The van der Waals surface area contributed by atoms with Gasteiger partial charge in [-0.25, -0.2) is 8.78 Å². The highest BCUT2D eigenvalue weighted by molar-refractivity contribution is 6.32. The Kier molecular flexibility index (Phi) is 5.78. The zero-order valence-corrected chi connectivity index (χ0v) is 17.0. The minimum atomic E-state index is -0.885. The van der Waals surface area contributed by atoms with Gasteiger partial charge in [-0.05, 0) is 42.8 Å². The van der Waals surface area contributed by atoms with E-state index in [4.69, 9.17) is 11.6 Å². The SMILES string of the molecule is Cn1ncc(Cl)c1-c1ccc(C(=O)N[C@@H]2CNCC[C@H]2c2ccc(F)c(F)c2)cn1. The Morgan fingerprint density at radius 1 is 1.23 bits per heavy atom. The van der Waals surface area contributed by atoms with Crippen LogP contribution in [0.1, 0.15) is 28.3 Å². The second-order valence-corrected chi connectivity index (χ2v) is 7.66. The number of carbonyl (C=O) groups excluding carboxylic acids is 1. The monoisotopic (exact) mass is 431 g/mol. The van der Waals surface area contributed by atoms with Crippen LogP contribution in [0.4, 0.5) is 8.78 Å². The van der Waals surface area contributed by atoms with Gasteiger partial charge >= 0.3 is 0 Å². The maximum atomic E-state index is 13.7. The van der Waals surface area contributed by atoms with E-state index in [9.17, 15) is 13.6 Å². The molecule has 1 aliphatic rings. The van der Waals surface area contributed by atoms with Crippen LogP contribution >= 0.6 is 11.6 Å². The van der Waals surface area contributed by atoms with Gasteiger partial charge < -0.3 is 10.6 Å². The molecule has 0 unspecified atom stereocenters. The van der Waals surface area contributed by atoms with E-state index in [1.165, 1.54) is 18.5 Å².